The number of halogens is 5. The lowest BCUT2D eigenvalue weighted by Crippen LogP contribution is -2.04. The normalized spacial score (nSPS) is 11.6. The van der Waals surface area contributed by atoms with E-state index in [-0.39, 0.29) is 11.3 Å². The molecule has 8 heteroatoms. The van der Waals surface area contributed by atoms with Gasteiger partial charge in [0.2, 0.25) is 5.78 Å². The van der Waals surface area contributed by atoms with E-state index in [2.05, 4.69) is 4.98 Å². The molecule has 0 saturated carbocycles. The van der Waals surface area contributed by atoms with E-state index < -0.39 is 39.0 Å². The van der Waals surface area contributed by atoms with E-state index in [4.69, 9.17) is 0 Å². The van der Waals surface area contributed by atoms with E-state index in [1.807, 2.05) is 0 Å². The van der Waals surface area contributed by atoms with Crippen LogP contribution in [0.15, 0.2) is 24.4 Å². The Morgan fingerprint density at radius 2 is 1.89 bits per heavy atom. The van der Waals surface area contributed by atoms with Crippen molar-refractivity contribution in [3.05, 3.63) is 51.5 Å². The van der Waals surface area contributed by atoms with E-state index in [1.165, 1.54) is 0 Å². The van der Waals surface area contributed by atoms with Gasteiger partial charge < -0.3 is 0 Å². The third-order valence-corrected chi connectivity index (χ3v) is 3.21. The molecule has 0 fully saturated rings. The van der Waals surface area contributed by atoms with Crippen LogP contribution in [0.1, 0.15) is 20.2 Å². The molecule has 0 spiro atoms. The average molecular weight is 293 g/mol. The van der Waals surface area contributed by atoms with Crippen LogP contribution < -0.4 is 0 Å². The van der Waals surface area contributed by atoms with E-state index in [0.29, 0.717) is 6.20 Å². The summed E-state index contributed by atoms with van der Waals surface area (Å²) in [4.78, 5) is 14.4. The molecule has 0 unspecified atom stereocenters. The van der Waals surface area contributed by atoms with Crippen LogP contribution in [0.25, 0.3) is 0 Å². The fourth-order valence-corrected chi connectivity index (χ4v) is 2.06. The Morgan fingerprint density at radius 1 is 1.21 bits per heavy atom. The second kappa shape index (κ2) is 4.69. The number of hydrogen-bond donors (Lipinski definition) is 0. The molecular weight excluding hydrogens is 289 g/mol. The zero-order chi connectivity index (χ0) is 14.2. The first kappa shape index (κ1) is 13.6. The van der Waals surface area contributed by atoms with Crippen molar-refractivity contribution in [3.63, 3.8) is 0 Å². The Hall–Kier alpha value is -1.83. The molecule has 0 N–H and O–H groups in total. The quantitative estimate of drug-likeness (QED) is 0.624. The number of aromatic nitrogens is 1. The number of benzene rings is 1. The van der Waals surface area contributed by atoms with E-state index in [9.17, 15) is 26.7 Å². The molecular formula is C11H4F5NOS. The highest BCUT2D eigenvalue weighted by atomic mass is 32.1. The van der Waals surface area contributed by atoms with E-state index in [1.54, 1.807) is 0 Å². The molecule has 2 aromatic rings. The lowest BCUT2D eigenvalue weighted by Gasteiger charge is -2.01. The topological polar surface area (TPSA) is 30.0 Å². The number of ketones is 1. The van der Waals surface area contributed by atoms with Crippen molar-refractivity contribution < 1.29 is 26.7 Å². The summed E-state index contributed by atoms with van der Waals surface area (Å²) in [6, 6.07) is 2.89. The summed E-state index contributed by atoms with van der Waals surface area (Å²) in [7, 11) is 0. The van der Waals surface area contributed by atoms with Gasteiger partial charge in [0.25, 0.3) is 0 Å². The maximum absolute atomic E-state index is 13.3. The summed E-state index contributed by atoms with van der Waals surface area (Å²) in [6.45, 7) is 0. The smallest absolute Gasteiger partial charge is 0.288 e. The van der Waals surface area contributed by atoms with Gasteiger partial charge in [-0.2, -0.15) is 13.2 Å². The minimum Gasteiger partial charge on any atom is -0.288 e. The summed E-state index contributed by atoms with van der Waals surface area (Å²) in [5, 5.41) is -1.22. The molecule has 2 rings (SSSR count). The van der Waals surface area contributed by atoms with Crippen molar-refractivity contribution in [1.82, 2.24) is 4.98 Å². The van der Waals surface area contributed by atoms with Gasteiger partial charge in [0.15, 0.2) is 16.6 Å². The maximum Gasteiger partial charge on any atom is 0.443 e. The molecule has 0 aliphatic heterocycles. The van der Waals surface area contributed by atoms with Gasteiger partial charge in [-0.05, 0) is 12.1 Å². The first-order chi connectivity index (χ1) is 8.80. The monoisotopic (exact) mass is 293 g/mol. The molecule has 0 atom stereocenters. The zero-order valence-electron chi connectivity index (χ0n) is 8.96. The standard InChI is InChI=1S/C11H4F5NOS/c12-6-3-1-2-5(8(6)13)9(18)7-4-17-10(19-7)11(14,15)16/h1-4H. The predicted molar refractivity (Wildman–Crippen MR) is 56.9 cm³/mol. The lowest BCUT2D eigenvalue weighted by molar-refractivity contribution is -0.137. The van der Waals surface area contributed by atoms with Crippen molar-refractivity contribution >= 4 is 17.1 Å². The Labute approximate surface area is 107 Å². The number of thiazole rings is 1. The van der Waals surface area contributed by atoms with Crippen molar-refractivity contribution in [1.29, 1.82) is 0 Å². The van der Waals surface area contributed by atoms with Crippen LogP contribution >= 0.6 is 11.3 Å². The number of carbonyl (C=O) groups excluding carboxylic acids is 1. The number of carbonyl (C=O) groups is 1. The average Bonchev–Trinajstić information content (AvgIpc) is 2.81. The molecule has 0 aliphatic rings. The third-order valence-electron chi connectivity index (χ3n) is 2.17. The van der Waals surface area contributed by atoms with Gasteiger partial charge in [-0.25, -0.2) is 13.8 Å². The SMILES string of the molecule is O=C(c1cnc(C(F)(F)F)s1)c1cccc(F)c1F. The second-order valence-electron chi connectivity index (χ2n) is 3.46. The van der Waals surface area contributed by atoms with Crippen LogP contribution in [0.3, 0.4) is 0 Å². The fraction of sp³-hybridized carbons (Fsp3) is 0.0909. The van der Waals surface area contributed by atoms with Crippen LogP contribution in [0.2, 0.25) is 0 Å². The molecule has 2 nitrogen and oxygen atoms in total. The summed E-state index contributed by atoms with van der Waals surface area (Å²) in [6.07, 6.45) is -3.98. The van der Waals surface area contributed by atoms with Crippen LogP contribution in [0.4, 0.5) is 22.0 Å². The molecule has 0 saturated heterocycles. The van der Waals surface area contributed by atoms with E-state index >= 15 is 0 Å². The van der Waals surface area contributed by atoms with Crippen LogP contribution in [-0.4, -0.2) is 10.8 Å². The highest BCUT2D eigenvalue weighted by molar-refractivity contribution is 7.13. The van der Waals surface area contributed by atoms with Crippen molar-refractivity contribution in [2.45, 2.75) is 6.18 Å². The first-order valence-corrected chi connectivity index (χ1v) is 5.64. The number of nitrogens with zero attached hydrogens (tertiary/aromatic N) is 1. The molecule has 19 heavy (non-hydrogen) atoms. The molecule has 0 bridgehead atoms. The lowest BCUT2D eigenvalue weighted by atomic mass is 10.1. The highest BCUT2D eigenvalue weighted by Gasteiger charge is 2.35. The summed E-state index contributed by atoms with van der Waals surface area (Å²) in [5.74, 6) is -3.68. The van der Waals surface area contributed by atoms with Crippen molar-refractivity contribution in [3.8, 4) is 0 Å². The third kappa shape index (κ3) is 2.62. The fourth-order valence-electron chi connectivity index (χ4n) is 1.32. The van der Waals surface area contributed by atoms with Crippen LogP contribution in [0, 0.1) is 11.6 Å². The number of hydrogen-bond acceptors (Lipinski definition) is 3. The Morgan fingerprint density at radius 3 is 2.47 bits per heavy atom. The van der Waals surface area contributed by atoms with Gasteiger partial charge in [-0.3, -0.25) is 4.79 Å². The van der Waals surface area contributed by atoms with Gasteiger partial charge in [-0.1, -0.05) is 6.07 Å². The zero-order valence-corrected chi connectivity index (χ0v) is 9.78. The maximum atomic E-state index is 13.3. The summed E-state index contributed by atoms with van der Waals surface area (Å²) in [5.41, 5.74) is -0.627. The Bertz CT molecular complexity index is 634. The number of alkyl halides is 3. The minimum atomic E-state index is -4.68. The Balaban J connectivity index is 2.40. The van der Waals surface area contributed by atoms with Gasteiger partial charge >= 0.3 is 6.18 Å². The van der Waals surface area contributed by atoms with Crippen LogP contribution in [0.5, 0.6) is 0 Å². The van der Waals surface area contributed by atoms with Crippen molar-refractivity contribution in [2.75, 3.05) is 0 Å². The molecule has 0 amide bonds. The molecule has 0 radical (unpaired) electrons. The van der Waals surface area contributed by atoms with Gasteiger partial charge in [0.1, 0.15) is 0 Å². The van der Waals surface area contributed by atoms with Gasteiger partial charge in [0.05, 0.1) is 10.4 Å². The Kier molecular flexibility index (Phi) is 3.36. The molecule has 1 aromatic heterocycles. The molecule has 100 valence electrons. The highest BCUT2D eigenvalue weighted by Crippen LogP contribution is 2.33. The summed E-state index contributed by atoms with van der Waals surface area (Å²) < 4.78 is 63.2. The van der Waals surface area contributed by atoms with Crippen LogP contribution in [-0.2, 0) is 6.18 Å². The number of rotatable bonds is 2. The molecule has 0 aliphatic carbocycles. The summed E-state index contributed by atoms with van der Waals surface area (Å²) >= 11 is 0.0826. The molecule has 1 heterocycles. The van der Waals surface area contributed by atoms with Gasteiger partial charge in [-0.15, -0.1) is 11.3 Å². The predicted octanol–water partition coefficient (Wildman–Crippen LogP) is 3.67. The minimum absolute atomic E-state index is 0.0826. The first-order valence-electron chi connectivity index (χ1n) is 4.82. The largest absolute Gasteiger partial charge is 0.443 e. The van der Waals surface area contributed by atoms with Gasteiger partial charge in [0, 0.05) is 6.20 Å². The molecule has 1 aromatic carbocycles. The van der Waals surface area contributed by atoms with E-state index in [0.717, 1.165) is 18.2 Å². The second-order valence-corrected chi connectivity index (χ2v) is 4.49. The van der Waals surface area contributed by atoms with Crippen molar-refractivity contribution in [2.24, 2.45) is 0 Å².